The van der Waals surface area contributed by atoms with Crippen LogP contribution in [-0.4, -0.2) is 35.5 Å². The Morgan fingerprint density at radius 3 is 2.32 bits per heavy atom. The quantitative estimate of drug-likeness (QED) is 0.787. The van der Waals surface area contributed by atoms with Crippen LogP contribution in [0.2, 0.25) is 0 Å². The van der Waals surface area contributed by atoms with Crippen molar-refractivity contribution in [3.63, 3.8) is 0 Å². The summed E-state index contributed by atoms with van der Waals surface area (Å²) in [5.41, 5.74) is -0.478. The average molecular weight is 269 g/mol. The van der Waals surface area contributed by atoms with E-state index in [2.05, 4.69) is 0 Å². The third-order valence-corrected chi connectivity index (χ3v) is 3.63. The van der Waals surface area contributed by atoms with Crippen LogP contribution in [0.1, 0.15) is 53.9 Å². The van der Waals surface area contributed by atoms with Gasteiger partial charge in [-0.3, -0.25) is 4.79 Å². The van der Waals surface area contributed by atoms with Crippen molar-refractivity contribution in [2.45, 2.75) is 59.5 Å². The van der Waals surface area contributed by atoms with Gasteiger partial charge in [-0.25, -0.2) is 4.79 Å². The molecule has 1 fully saturated rings. The molecule has 19 heavy (non-hydrogen) atoms. The molecule has 1 aliphatic heterocycles. The number of rotatable bonds is 4. The first-order chi connectivity index (χ1) is 8.78. The first kappa shape index (κ1) is 16.0. The SMILES string of the molecule is CCC(CC)C(=O)C1CCN(C(=O)OC(C)(C)C)C1. The van der Waals surface area contributed by atoms with Crippen molar-refractivity contribution >= 4 is 11.9 Å². The van der Waals surface area contributed by atoms with E-state index in [-0.39, 0.29) is 17.9 Å². The van der Waals surface area contributed by atoms with Crippen molar-refractivity contribution < 1.29 is 14.3 Å². The van der Waals surface area contributed by atoms with Gasteiger partial charge < -0.3 is 9.64 Å². The van der Waals surface area contributed by atoms with Crippen LogP contribution in [0.5, 0.6) is 0 Å². The number of hydrogen-bond acceptors (Lipinski definition) is 3. The van der Waals surface area contributed by atoms with Crippen LogP contribution in [0.15, 0.2) is 0 Å². The zero-order chi connectivity index (χ0) is 14.6. The van der Waals surface area contributed by atoms with Crippen LogP contribution in [0, 0.1) is 11.8 Å². The van der Waals surface area contributed by atoms with Crippen molar-refractivity contribution in [3.05, 3.63) is 0 Å². The van der Waals surface area contributed by atoms with E-state index in [4.69, 9.17) is 4.74 Å². The van der Waals surface area contributed by atoms with Crippen LogP contribution < -0.4 is 0 Å². The van der Waals surface area contributed by atoms with E-state index in [9.17, 15) is 9.59 Å². The molecule has 0 aromatic heterocycles. The van der Waals surface area contributed by atoms with Crippen LogP contribution in [0.25, 0.3) is 0 Å². The second-order valence-corrected chi connectivity index (χ2v) is 6.33. The van der Waals surface area contributed by atoms with E-state index >= 15 is 0 Å². The molecule has 0 aromatic carbocycles. The zero-order valence-corrected chi connectivity index (χ0v) is 12.9. The van der Waals surface area contributed by atoms with Crippen molar-refractivity contribution in [2.24, 2.45) is 11.8 Å². The summed E-state index contributed by atoms with van der Waals surface area (Å²) in [6.07, 6.45) is 2.25. The van der Waals surface area contributed by atoms with Gasteiger partial charge in [-0.2, -0.15) is 0 Å². The maximum atomic E-state index is 12.3. The molecular weight excluding hydrogens is 242 g/mol. The van der Waals surface area contributed by atoms with Crippen LogP contribution in [0.3, 0.4) is 0 Å². The number of carbonyl (C=O) groups excluding carboxylic acids is 2. The minimum atomic E-state index is -0.478. The molecule has 4 heteroatoms. The number of amides is 1. The van der Waals surface area contributed by atoms with Gasteiger partial charge in [0.1, 0.15) is 11.4 Å². The molecular formula is C15H27NO3. The largest absolute Gasteiger partial charge is 0.444 e. The maximum absolute atomic E-state index is 12.3. The Balaban J connectivity index is 2.54. The second-order valence-electron chi connectivity index (χ2n) is 6.33. The lowest BCUT2D eigenvalue weighted by molar-refractivity contribution is -0.126. The third kappa shape index (κ3) is 4.51. The van der Waals surface area contributed by atoms with Crippen molar-refractivity contribution in [3.8, 4) is 0 Å². The number of ketones is 1. The summed E-state index contributed by atoms with van der Waals surface area (Å²) in [6.45, 7) is 10.8. The molecule has 0 spiro atoms. The third-order valence-electron chi connectivity index (χ3n) is 3.63. The molecule has 1 amide bonds. The van der Waals surface area contributed by atoms with E-state index in [1.54, 1.807) is 4.90 Å². The Morgan fingerprint density at radius 1 is 1.26 bits per heavy atom. The number of hydrogen-bond donors (Lipinski definition) is 0. The molecule has 1 saturated heterocycles. The lowest BCUT2D eigenvalue weighted by atomic mass is 9.88. The molecule has 4 nitrogen and oxygen atoms in total. The predicted molar refractivity (Wildman–Crippen MR) is 75.0 cm³/mol. The lowest BCUT2D eigenvalue weighted by Gasteiger charge is -2.24. The van der Waals surface area contributed by atoms with Crippen molar-refractivity contribution in [1.29, 1.82) is 0 Å². The highest BCUT2D eigenvalue weighted by Gasteiger charge is 2.35. The summed E-state index contributed by atoms with van der Waals surface area (Å²) in [5.74, 6) is 0.456. The highest BCUT2D eigenvalue weighted by Crippen LogP contribution is 2.24. The van der Waals surface area contributed by atoms with Gasteiger partial charge in [0.2, 0.25) is 0 Å². The molecule has 1 heterocycles. The number of likely N-dealkylation sites (tertiary alicyclic amines) is 1. The Morgan fingerprint density at radius 2 is 1.84 bits per heavy atom. The fourth-order valence-corrected chi connectivity index (χ4v) is 2.51. The molecule has 1 rings (SSSR count). The highest BCUT2D eigenvalue weighted by atomic mass is 16.6. The van der Waals surface area contributed by atoms with Gasteiger partial charge in [0.05, 0.1) is 0 Å². The number of nitrogens with zero attached hydrogens (tertiary/aromatic N) is 1. The van der Waals surface area contributed by atoms with Gasteiger partial charge in [-0.15, -0.1) is 0 Å². The molecule has 1 unspecified atom stereocenters. The van der Waals surface area contributed by atoms with Crippen LogP contribution in [-0.2, 0) is 9.53 Å². The van der Waals surface area contributed by atoms with Gasteiger partial charge >= 0.3 is 6.09 Å². The van der Waals surface area contributed by atoms with Crippen molar-refractivity contribution in [1.82, 2.24) is 4.90 Å². The van der Waals surface area contributed by atoms with Crippen LogP contribution in [0.4, 0.5) is 4.79 Å². The minimum absolute atomic E-state index is 0.00239. The zero-order valence-electron chi connectivity index (χ0n) is 12.9. The maximum Gasteiger partial charge on any atom is 0.410 e. The fraction of sp³-hybridized carbons (Fsp3) is 0.867. The monoisotopic (exact) mass is 269 g/mol. The second kappa shape index (κ2) is 6.40. The Kier molecular flexibility index (Phi) is 5.39. The standard InChI is InChI=1S/C15H27NO3/c1-6-11(7-2)13(17)12-8-9-16(10-12)14(18)19-15(3,4)5/h11-12H,6-10H2,1-5H3. The molecule has 110 valence electrons. The summed E-state index contributed by atoms with van der Waals surface area (Å²) in [5, 5.41) is 0. The van der Waals surface area contributed by atoms with Crippen molar-refractivity contribution in [2.75, 3.05) is 13.1 Å². The number of Topliss-reactive ketones (excluding diaryl/α,β-unsaturated/α-hetero) is 1. The molecule has 1 aliphatic rings. The number of carbonyl (C=O) groups is 2. The van der Waals surface area contributed by atoms with Gasteiger partial charge in [0, 0.05) is 24.9 Å². The first-order valence-electron chi connectivity index (χ1n) is 7.30. The average Bonchev–Trinajstić information content (AvgIpc) is 2.77. The molecule has 0 aromatic rings. The van der Waals surface area contributed by atoms with Crippen LogP contribution >= 0.6 is 0 Å². The van der Waals surface area contributed by atoms with Gasteiger partial charge in [0.15, 0.2) is 0 Å². The van der Waals surface area contributed by atoms with Gasteiger partial charge in [0.25, 0.3) is 0 Å². The van der Waals surface area contributed by atoms with E-state index < -0.39 is 5.60 Å². The molecule has 0 saturated carbocycles. The topological polar surface area (TPSA) is 46.6 Å². The smallest absolute Gasteiger partial charge is 0.410 e. The Bertz CT molecular complexity index is 329. The van der Waals surface area contributed by atoms with Gasteiger partial charge in [-0.1, -0.05) is 13.8 Å². The summed E-state index contributed by atoms with van der Waals surface area (Å²) in [4.78, 5) is 25.9. The molecule has 1 atom stereocenters. The lowest BCUT2D eigenvalue weighted by Crippen LogP contribution is -2.36. The fourth-order valence-electron chi connectivity index (χ4n) is 2.51. The molecule has 0 N–H and O–H groups in total. The normalized spacial score (nSPS) is 19.9. The summed E-state index contributed by atoms with van der Waals surface area (Å²) >= 11 is 0. The summed E-state index contributed by atoms with van der Waals surface area (Å²) in [7, 11) is 0. The first-order valence-corrected chi connectivity index (χ1v) is 7.30. The minimum Gasteiger partial charge on any atom is -0.444 e. The van der Waals surface area contributed by atoms with E-state index in [0.717, 1.165) is 19.3 Å². The van der Waals surface area contributed by atoms with E-state index in [1.165, 1.54) is 0 Å². The Labute approximate surface area is 116 Å². The Hall–Kier alpha value is -1.06. The summed E-state index contributed by atoms with van der Waals surface area (Å²) in [6, 6.07) is 0. The van der Waals surface area contributed by atoms with E-state index in [1.807, 2.05) is 34.6 Å². The number of ether oxygens (including phenoxy) is 1. The van der Waals surface area contributed by atoms with Gasteiger partial charge in [-0.05, 0) is 40.0 Å². The highest BCUT2D eigenvalue weighted by molar-refractivity contribution is 5.84. The molecule has 0 bridgehead atoms. The van der Waals surface area contributed by atoms with E-state index in [0.29, 0.717) is 18.9 Å². The molecule has 0 aliphatic carbocycles. The predicted octanol–water partition coefficient (Wildman–Crippen LogP) is 3.25. The summed E-state index contributed by atoms with van der Waals surface area (Å²) < 4.78 is 5.34. The molecule has 0 radical (unpaired) electrons.